The minimum Gasteiger partial charge on any atom is -0.561 e. The van der Waals surface area contributed by atoms with Crippen LogP contribution < -0.4 is 4.74 Å². The Morgan fingerprint density at radius 2 is 1.93 bits per heavy atom. The van der Waals surface area contributed by atoms with E-state index in [1.54, 1.807) is 6.08 Å². The first kappa shape index (κ1) is 11.3. The van der Waals surface area contributed by atoms with E-state index in [-0.39, 0.29) is 6.10 Å². The van der Waals surface area contributed by atoms with Gasteiger partial charge in [-0.3, -0.25) is 0 Å². The molecule has 80 valence electrons. The summed E-state index contributed by atoms with van der Waals surface area (Å²) in [6.07, 6.45) is 2.98. The van der Waals surface area contributed by atoms with Gasteiger partial charge in [0, 0.05) is 4.79 Å². The quantitative estimate of drug-likeness (QED) is 0.557. The predicted octanol–water partition coefficient (Wildman–Crippen LogP) is 1.74. The van der Waals surface area contributed by atoms with Gasteiger partial charge in [-0.25, -0.2) is 0 Å². The monoisotopic (exact) mass is 207 g/mol. The molecule has 0 aromatic heterocycles. The Morgan fingerprint density at radius 3 is 2.40 bits per heavy atom. The normalized spacial score (nSPS) is 10.9. The summed E-state index contributed by atoms with van der Waals surface area (Å²) in [6.45, 7) is 3.93. The SMILES string of the molecule is CC(C)Oc1ccc(/C=C/C(=O)[OH2+])cc1. The van der Waals surface area contributed by atoms with Crippen LogP contribution in [0.2, 0.25) is 0 Å². The van der Waals surface area contributed by atoms with Gasteiger partial charge in [-0.1, -0.05) is 12.1 Å². The molecule has 0 fully saturated rings. The maximum atomic E-state index is 10.4. The summed E-state index contributed by atoms with van der Waals surface area (Å²) in [5.41, 5.74) is 0.881. The molecule has 1 aromatic carbocycles. The number of carbonyl (C=O) groups is 1. The van der Waals surface area contributed by atoms with E-state index in [4.69, 9.17) is 9.84 Å². The molecule has 0 aliphatic carbocycles. The second-order valence-corrected chi connectivity index (χ2v) is 3.43. The summed E-state index contributed by atoms with van der Waals surface area (Å²) in [4.78, 5) is 10.4. The predicted molar refractivity (Wildman–Crippen MR) is 59.9 cm³/mol. The van der Waals surface area contributed by atoms with Crippen LogP contribution in [0.5, 0.6) is 5.75 Å². The molecule has 0 heterocycles. The van der Waals surface area contributed by atoms with Crippen LogP contribution in [0.4, 0.5) is 0 Å². The maximum Gasteiger partial charge on any atom is 0.541 e. The van der Waals surface area contributed by atoms with Gasteiger partial charge in [0.15, 0.2) is 0 Å². The average molecular weight is 207 g/mol. The number of carbonyl (C=O) groups excluding carboxylic acids is 1. The van der Waals surface area contributed by atoms with Crippen molar-refractivity contribution in [2.75, 3.05) is 0 Å². The number of ether oxygens (including phenoxy) is 1. The van der Waals surface area contributed by atoms with E-state index in [2.05, 4.69) is 0 Å². The van der Waals surface area contributed by atoms with Gasteiger partial charge in [-0.05, 0) is 37.6 Å². The van der Waals surface area contributed by atoms with Gasteiger partial charge in [0.1, 0.15) is 5.75 Å². The molecule has 0 radical (unpaired) electrons. The van der Waals surface area contributed by atoms with Crippen LogP contribution in [0.25, 0.3) is 6.08 Å². The summed E-state index contributed by atoms with van der Waals surface area (Å²) in [6, 6.07) is 7.37. The molecule has 0 atom stereocenters. The summed E-state index contributed by atoms with van der Waals surface area (Å²) >= 11 is 0. The van der Waals surface area contributed by atoms with Crippen LogP contribution in [0.15, 0.2) is 30.3 Å². The first-order valence-electron chi connectivity index (χ1n) is 4.78. The molecule has 0 bridgehead atoms. The highest BCUT2D eigenvalue weighted by Gasteiger charge is 1.98. The van der Waals surface area contributed by atoms with Crippen molar-refractivity contribution < 1.29 is 14.6 Å². The van der Waals surface area contributed by atoms with Gasteiger partial charge < -0.3 is 9.84 Å². The van der Waals surface area contributed by atoms with Crippen LogP contribution in [-0.2, 0) is 4.79 Å². The minimum atomic E-state index is -0.697. The largest absolute Gasteiger partial charge is 0.561 e. The lowest BCUT2D eigenvalue weighted by Crippen LogP contribution is -2.05. The van der Waals surface area contributed by atoms with E-state index in [0.29, 0.717) is 0 Å². The molecular formula is C12H15O3+. The number of hydrogen-bond donors (Lipinski definition) is 0. The summed E-state index contributed by atoms with van der Waals surface area (Å²) in [5.74, 6) is 0.108. The third-order valence-corrected chi connectivity index (χ3v) is 1.68. The van der Waals surface area contributed by atoms with Crippen molar-refractivity contribution in [2.24, 2.45) is 0 Å². The highest BCUT2D eigenvalue weighted by molar-refractivity contribution is 5.85. The number of rotatable bonds is 4. The molecule has 1 aromatic rings. The van der Waals surface area contributed by atoms with E-state index in [0.717, 1.165) is 11.3 Å². The Bertz CT molecular complexity index is 350. The molecule has 0 amide bonds. The van der Waals surface area contributed by atoms with Gasteiger partial charge in [0.05, 0.1) is 12.2 Å². The molecule has 3 nitrogen and oxygen atoms in total. The third kappa shape index (κ3) is 4.31. The molecule has 0 aliphatic rings. The second kappa shape index (κ2) is 5.20. The smallest absolute Gasteiger partial charge is 0.541 e. The summed E-state index contributed by atoms with van der Waals surface area (Å²) in [7, 11) is 0. The van der Waals surface area contributed by atoms with E-state index < -0.39 is 5.97 Å². The minimum absolute atomic E-state index is 0.154. The fraction of sp³-hybridized carbons (Fsp3) is 0.250. The van der Waals surface area contributed by atoms with Crippen molar-refractivity contribution in [1.29, 1.82) is 0 Å². The summed E-state index contributed by atoms with van der Waals surface area (Å²) < 4.78 is 5.47. The topological polar surface area (TPSA) is 49.2 Å². The van der Waals surface area contributed by atoms with Crippen molar-refractivity contribution >= 4 is 12.0 Å². The molecule has 2 N–H and O–H groups in total. The van der Waals surface area contributed by atoms with Crippen molar-refractivity contribution in [2.45, 2.75) is 20.0 Å². The number of benzene rings is 1. The molecular weight excluding hydrogens is 192 g/mol. The van der Waals surface area contributed by atoms with Gasteiger partial charge in [-0.2, -0.15) is 0 Å². The maximum absolute atomic E-state index is 10.4. The zero-order valence-corrected chi connectivity index (χ0v) is 8.86. The molecule has 1 rings (SSSR count). The van der Waals surface area contributed by atoms with Gasteiger partial charge in [-0.15, -0.1) is 0 Å². The highest BCUT2D eigenvalue weighted by atomic mass is 16.5. The Morgan fingerprint density at radius 1 is 1.33 bits per heavy atom. The Kier molecular flexibility index (Phi) is 3.92. The van der Waals surface area contributed by atoms with E-state index in [1.165, 1.54) is 6.08 Å². The van der Waals surface area contributed by atoms with Crippen molar-refractivity contribution in [3.63, 3.8) is 0 Å². The third-order valence-electron chi connectivity index (χ3n) is 1.68. The van der Waals surface area contributed by atoms with Gasteiger partial charge in [0.2, 0.25) is 0 Å². The van der Waals surface area contributed by atoms with Crippen molar-refractivity contribution in [1.82, 2.24) is 0 Å². The molecule has 0 unspecified atom stereocenters. The first-order valence-corrected chi connectivity index (χ1v) is 4.78. The molecule has 0 aliphatic heterocycles. The Hall–Kier alpha value is -1.77. The van der Waals surface area contributed by atoms with E-state index in [9.17, 15) is 4.79 Å². The van der Waals surface area contributed by atoms with Crippen LogP contribution >= 0.6 is 0 Å². The van der Waals surface area contributed by atoms with Crippen LogP contribution in [0.3, 0.4) is 0 Å². The van der Waals surface area contributed by atoms with E-state index in [1.807, 2.05) is 38.1 Å². The molecule has 15 heavy (non-hydrogen) atoms. The van der Waals surface area contributed by atoms with Gasteiger partial charge in [0.25, 0.3) is 0 Å². The van der Waals surface area contributed by atoms with Crippen molar-refractivity contribution in [3.05, 3.63) is 35.9 Å². The van der Waals surface area contributed by atoms with Crippen LogP contribution in [-0.4, -0.2) is 17.2 Å². The average Bonchev–Trinajstić information content (AvgIpc) is 2.16. The molecule has 0 spiro atoms. The zero-order valence-electron chi connectivity index (χ0n) is 8.86. The molecule has 0 saturated carbocycles. The standard InChI is InChI=1S/C12H14O3/c1-9(2)15-11-6-3-10(4-7-11)5-8-12(13)14/h3-9H,1-2H3,(H,13,14)/p+1/b8-5+. The van der Waals surface area contributed by atoms with Gasteiger partial charge >= 0.3 is 5.97 Å². The van der Waals surface area contributed by atoms with Crippen LogP contribution in [0, 0.1) is 0 Å². The summed E-state index contributed by atoms with van der Waals surface area (Å²) in [5, 5.41) is 6.71. The fourth-order valence-electron chi connectivity index (χ4n) is 1.10. The lowest BCUT2D eigenvalue weighted by molar-refractivity contribution is -0.131. The lowest BCUT2D eigenvalue weighted by Gasteiger charge is -2.08. The van der Waals surface area contributed by atoms with E-state index >= 15 is 0 Å². The number of hydrogen-bond acceptors (Lipinski definition) is 2. The Balaban J connectivity index is 2.68. The lowest BCUT2D eigenvalue weighted by atomic mass is 10.2. The fourth-order valence-corrected chi connectivity index (χ4v) is 1.10. The highest BCUT2D eigenvalue weighted by Crippen LogP contribution is 2.14. The molecule has 0 saturated heterocycles. The first-order chi connectivity index (χ1) is 7.08. The Labute approximate surface area is 89.0 Å². The molecule has 3 heteroatoms. The van der Waals surface area contributed by atoms with Crippen molar-refractivity contribution in [3.8, 4) is 5.75 Å². The second-order valence-electron chi connectivity index (χ2n) is 3.43. The van der Waals surface area contributed by atoms with Crippen LogP contribution in [0.1, 0.15) is 19.4 Å². The zero-order chi connectivity index (χ0) is 11.3.